The Morgan fingerprint density at radius 1 is 1.31 bits per heavy atom. The van der Waals surface area contributed by atoms with Crippen LogP contribution in [0.25, 0.3) is 0 Å². The van der Waals surface area contributed by atoms with Crippen LogP contribution in [-0.2, 0) is 9.59 Å². The van der Waals surface area contributed by atoms with E-state index in [-0.39, 0.29) is 13.2 Å². The number of nitrogens with one attached hydrogen (secondary N) is 2. The van der Waals surface area contributed by atoms with Crippen LogP contribution in [0.1, 0.15) is 13.3 Å². The summed E-state index contributed by atoms with van der Waals surface area (Å²) in [5.74, 6) is -2.42. The minimum atomic E-state index is -1.07. The molecule has 0 unspecified atom stereocenters. The smallest absolute Gasteiger partial charge is 0.328 e. The molecule has 7 heteroatoms. The van der Waals surface area contributed by atoms with Gasteiger partial charge < -0.3 is 5.11 Å². The van der Waals surface area contributed by atoms with E-state index in [1.54, 1.807) is 6.92 Å². The highest BCUT2D eigenvalue weighted by Crippen LogP contribution is 2.08. The van der Waals surface area contributed by atoms with E-state index in [2.05, 4.69) is 4.99 Å². The number of imide groups is 2. The monoisotopic (exact) mass is 227 g/mol. The van der Waals surface area contributed by atoms with Crippen LogP contribution in [0.15, 0.2) is 4.99 Å². The number of carbonyl (C=O) groups excluding carboxylic acids is 3. The first-order valence-corrected chi connectivity index (χ1v) is 4.90. The van der Waals surface area contributed by atoms with E-state index >= 15 is 0 Å². The number of rotatable bonds is 4. The summed E-state index contributed by atoms with van der Waals surface area (Å²) in [4.78, 5) is 37.6. The Bertz CT molecular complexity index is 331. The number of barbiturate groups is 1. The van der Waals surface area contributed by atoms with Crippen LogP contribution < -0.4 is 10.6 Å². The summed E-state index contributed by atoms with van der Waals surface area (Å²) in [5.41, 5.74) is 0.358. The van der Waals surface area contributed by atoms with Crippen molar-refractivity contribution < 1.29 is 19.5 Å². The predicted octanol–water partition coefficient (Wildman–Crippen LogP) is -1.19. The number of aliphatic hydroxyl groups is 1. The molecule has 7 nitrogen and oxygen atoms in total. The molecule has 1 fully saturated rings. The van der Waals surface area contributed by atoms with Gasteiger partial charge in [-0.05, 0) is 6.42 Å². The van der Waals surface area contributed by atoms with E-state index in [0.29, 0.717) is 12.1 Å². The van der Waals surface area contributed by atoms with Crippen molar-refractivity contribution in [3.05, 3.63) is 0 Å². The highest BCUT2D eigenvalue weighted by atomic mass is 16.3. The molecule has 0 spiro atoms. The van der Waals surface area contributed by atoms with Crippen LogP contribution in [0.2, 0.25) is 0 Å². The van der Waals surface area contributed by atoms with Gasteiger partial charge in [0.1, 0.15) is 0 Å². The van der Waals surface area contributed by atoms with Crippen molar-refractivity contribution in [1.82, 2.24) is 10.6 Å². The number of hydrogen-bond acceptors (Lipinski definition) is 5. The summed E-state index contributed by atoms with van der Waals surface area (Å²) in [6.07, 6.45) is 0.402. The third-order valence-electron chi connectivity index (χ3n) is 2.11. The summed E-state index contributed by atoms with van der Waals surface area (Å²) >= 11 is 0. The molecule has 88 valence electrons. The molecule has 0 aromatic rings. The minimum Gasteiger partial charge on any atom is -0.394 e. The van der Waals surface area contributed by atoms with Gasteiger partial charge in [0.05, 0.1) is 13.2 Å². The normalized spacial score (nSPS) is 18.4. The summed E-state index contributed by atoms with van der Waals surface area (Å²) in [5, 5.41) is 12.6. The van der Waals surface area contributed by atoms with Crippen molar-refractivity contribution >= 4 is 23.6 Å². The van der Waals surface area contributed by atoms with Gasteiger partial charge in [-0.1, -0.05) is 6.92 Å². The Hall–Kier alpha value is -1.76. The van der Waals surface area contributed by atoms with Gasteiger partial charge in [0.25, 0.3) is 0 Å². The Morgan fingerprint density at radius 2 is 1.88 bits per heavy atom. The lowest BCUT2D eigenvalue weighted by Crippen LogP contribution is -2.57. The Balaban J connectivity index is 2.87. The zero-order valence-electron chi connectivity index (χ0n) is 8.82. The maximum absolute atomic E-state index is 11.4. The van der Waals surface area contributed by atoms with E-state index in [9.17, 15) is 14.4 Å². The number of amides is 4. The highest BCUT2D eigenvalue weighted by Gasteiger charge is 2.37. The van der Waals surface area contributed by atoms with Gasteiger partial charge in [0, 0.05) is 5.71 Å². The van der Waals surface area contributed by atoms with Gasteiger partial charge in [-0.15, -0.1) is 0 Å². The SMILES string of the molecule is CCC(=NCCO)C1C(=O)NC(=O)NC1=O. The van der Waals surface area contributed by atoms with Crippen molar-refractivity contribution in [2.45, 2.75) is 13.3 Å². The standard InChI is InChI=1S/C9H13N3O4/c1-2-5(10-3-4-13)6-7(14)11-9(16)12-8(6)15/h6,13H,2-4H2,1H3,(H2,11,12,14,15,16). The molecule has 0 aromatic carbocycles. The van der Waals surface area contributed by atoms with Crippen LogP contribution in [0.5, 0.6) is 0 Å². The number of hydrogen-bond donors (Lipinski definition) is 3. The summed E-state index contributed by atoms with van der Waals surface area (Å²) in [6, 6.07) is -0.816. The van der Waals surface area contributed by atoms with Crippen LogP contribution in [0, 0.1) is 5.92 Å². The molecule has 1 saturated heterocycles. The van der Waals surface area contributed by atoms with Gasteiger partial charge in [0.15, 0.2) is 5.92 Å². The van der Waals surface area contributed by atoms with E-state index < -0.39 is 23.8 Å². The maximum atomic E-state index is 11.4. The molecule has 0 aliphatic carbocycles. The molecule has 0 saturated carbocycles. The fourth-order valence-electron chi connectivity index (χ4n) is 1.42. The topological polar surface area (TPSA) is 108 Å². The molecule has 1 rings (SSSR count). The number of nitrogens with zero attached hydrogens (tertiary/aromatic N) is 1. The first-order chi connectivity index (χ1) is 7.60. The number of urea groups is 1. The molecule has 0 bridgehead atoms. The van der Waals surface area contributed by atoms with Crippen LogP contribution in [-0.4, -0.2) is 41.8 Å². The zero-order chi connectivity index (χ0) is 12.1. The van der Waals surface area contributed by atoms with Crippen molar-refractivity contribution in [2.24, 2.45) is 10.9 Å². The summed E-state index contributed by atoms with van der Waals surface area (Å²) in [6.45, 7) is 1.72. The molecular formula is C9H13N3O4. The lowest BCUT2D eigenvalue weighted by atomic mass is 9.97. The molecule has 0 radical (unpaired) electrons. The second-order valence-electron chi connectivity index (χ2n) is 3.19. The maximum Gasteiger partial charge on any atom is 0.328 e. The van der Waals surface area contributed by atoms with E-state index in [1.807, 2.05) is 10.6 Å². The van der Waals surface area contributed by atoms with E-state index in [0.717, 1.165) is 0 Å². The second kappa shape index (κ2) is 5.36. The van der Waals surface area contributed by atoms with Crippen molar-refractivity contribution in [1.29, 1.82) is 0 Å². The molecular weight excluding hydrogens is 214 g/mol. The van der Waals surface area contributed by atoms with Gasteiger partial charge in [0.2, 0.25) is 11.8 Å². The van der Waals surface area contributed by atoms with Gasteiger partial charge in [-0.2, -0.15) is 0 Å². The van der Waals surface area contributed by atoms with Gasteiger partial charge in [-0.25, -0.2) is 4.79 Å². The molecule has 3 N–H and O–H groups in total. The zero-order valence-corrected chi connectivity index (χ0v) is 8.82. The summed E-state index contributed by atoms with van der Waals surface area (Å²) < 4.78 is 0. The van der Waals surface area contributed by atoms with Gasteiger partial charge >= 0.3 is 6.03 Å². The number of aliphatic hydroxyl groups excluding tert-OH is 1. The van der Waals surface area contributed by atoms with Gasteiger partial charge in [-0.3, -0.25) is 25.2 Å². The average Bonchev–Trinajstić information content (AvgIpc) is 2.21. The molecule has 1 aliphatic rings. The summed E-state index contributed by atoms with van der Waals surface area (Å²) in [7, 11) is 0. The Morgan fingerprint density at radius 3 is 2.31 bits per heavy atom. The molecule has 1 aliphatic heterocycles. The molecule has 4 amide bonds. The quantitative estimate of drug-likeness (QED) is 0.414. The Kier molecular flexibility index (Phi) is 4.12. The largest absolute Gasteiger partial charge is 0.394 e. The van der Waals surface area contributed by atoms with Crippen LogP contribution >= 0.6 is 0 Å². The van der Waals surface area contributed by atoms with Crippen LogP contribution in [0.4, 0.5) is 4.79 Å². The predicted molar refractivity (Wildman–Crippen MR) is 54.9 cm³/mol. The number of aliphatic imine (C=N–C) groups is 1. The molecule has 0 atom stereocenters. The fourth-order valence-corrected chi connectivity index (χ4v) is 1.42. The highest BCUT2D eigenvalue weighted by molar-refractivity contribution is 6.27. The lowest BCUT2D eigenvalue weighted by Gasteiger charge is -2.21. The van der Waals surface area contributed by atoms with Crippen molar-refractivity contribution in [2.75, 3.05) is 13.2 Å². The lowest BCUT2D eigenvalue weighted by molar-refractivity contribution is -0.132. The second-order valence-corrected chi connectivity index (χ2v) is 3.19. The molecule has 0 aromatic heterocycles. The molecule has 1 heterocycles. The van der Waals surface area contributed by atoms with Crippen molar-refractivity contribution in [3.63, 3.8) is 0 Å². The third kappa shape index (κ3) is 2.63. The first kappa shape index (κ1) is 12.3. The first-order valence-electron chi connectivity index (χ1n) is 4.90. The average molecular weight is 227 g/mol. The van der Waals surface area contributed by atoms with Crippen LogP contribution in [0.3, 0.4) is 0 Å². The fraction of sp³-hybridized carbons (Fsp3) is 0.556. The Labute approximate surface area is 91.9 Å². The van der Waals surface area contributed by atoms with Crippen molar-refractivity contribution in [3.8, 4) is 0 Å². The third-order valence-corrected chi connectivity index (χ3v) is 2.11. The number of carbonyl (C=O) groups is 3. The molecule has 16 heavy (non-hydrogen) atoms. The van der Waals surface area contributed by atoms with E-state index in [1.165, 1.54) is 0 Å². The van der Waals surface area contributed by atoms with E-state index in [4.69, 9.17) is 5.11 Å². The minimum absolute atomic E-state index is 0.133.